The van der Waals surface area contributed by atoms with E-state index in [-0.39, 0.29) is 24.1 Å². The average Bonchev–Trinajstić information content (AvgIpc) is 3.01. The van der Waals surface area contributed by atoms with Gasteiger partial charge in [-0.2, -0.15) is 0 Å². The van der Waals surface area contributed by atoms with Gasteiger partial charge in [-0.25, -0.2) is 4.79 Å². The molecule has 25 heavy (non-hydrogen) atoms. The largest absolute Gasteiger partial charge is 0.442 e. The third kappa shape index (κ3) is 3.99. The van der Waals surface area contributed by atoms with Crippen LogP contribution in [0.2, 0.25) is 0 Å². The van der Waals surface area contributed by atoms with E-state index >= 15 is 0 Å². The summed E-state index contributed by atoms with van der Waals surface area (Å²) in [5, 5.41) is 2.84. The molecule has 1 aliphatic rings. The van der Waals surface area contributed by atoms with Crippen molar-refractivity contribution in [2.75, 3.05) is 13.1 Å². The molecule has 1 N–H and O–H groups in total. The van der Waals surface area contributed by atoms with Gasteiger partial charge < -0.3 is 15.0 Å². The second-order valence-electron chi connectivity index (χ2n) is 6.41. The van der Waals surface area contributed by atoms with Crippen LogP contribution >= 0.6 is 0 Å². The summed E-state index contributed by atoms with van der Waals surface area (Å²) in [4.78, 5) is 25.6. The van der Waals surface area contributed by atoms with Gasteiger partial charge in [0.15, 0.2) is 0 Å². The molecule has 0 bridgehead atoms. The highest BCUT2D eigenvalue weighted by Gasteiger charge is 2.32. The molecule has 5 nitrogen and oxygen atoms in total. The summed E-state index contributed by atoms with van der Waals surface area (Å²) in [6.45, 7) is 4.70. The van der Waals surface area contributed by atoms with Gasteiger partial charge in [0.25, 0.3) is 5.91 Å². The van der Waals surface area contributed by atoms with Crippen molar-refractivity contribution in [3.8, 4) is 11.1 Å². The van der Waals surface area contributed by atoms with Crippen LogP contribution in [0, 0.1) is 0 Å². The quantitative estimate of drug-likeness (QED) is 0.910. The van der Waals surface area contributed by atoms with E-state index in [1.807, 2.05) is 56.3 Å². The molecule has 1 aliphatic heterocycles. The van der Waals surface area contributed by atoms with Crippen LogP contribution in [0.5, 0.6) is 0 Å². The van der Waals surface area contributed by atoms with Gasteiger partial charge in [0, 0.05) is 11.6 Å². The molecule has 1 fully saturated rings. The number of hydrogen-bond acceptors (Lipinski definition) is 3. The summed E-state index contributed by atoms with van der Waals surface area (Å²) in [6.07, 6.45) is -0.621. The number of carbonyl (C=O) groups is 2. The lowest BCUT2D eigenvalue weighted by molar-refractivity contribution is 0.0914. The van der Waals surface area contributed by atoms with Crippen molar-refractivity contribution < 1.29 is 14.3 Å². The summed E-state index contributed by atoms with van der Waals surface area (Å²) in [7, 11) is 0. The lowest BCUT2D eigenvalue weighted by atomic mass is 10.0. The number of nitrogens with zero attached hydrogens (tertiary/aromatic N) is 1. The van der Waals surface area contributed by atoms with Crippen molar-refractivity contribution in [3.63, 3.8) is 0 Å². The standard InChI is InChI=1S/C20H22N2O3/c1-14(2)22-13-18(25-20(22)24)12-21-19(23)17-10-8-16(9-11-17)15-6-4-3-5-7-15/h3-11,14,18H,12-13H2,1-2H3,(H,21,23). The smallest absolute Gasteiger partial charge is 0.410 e. The fourth-order valence-corrected chi connectivity index (χ4v) is 2.82. The Morgan fingerprint density at radius 2 is 1.76 bits per heavy atom. The monoisotopic (exact) mass is 338 g/mol. The predicted molar refractivity (Wildman–Crippen MR) is 96.3 cm³/mol. The number of benzene rings is 2. The summed E-state index contributed by atoms with van der Waals surface area (Å²) in [5.74, 6) is -0.168. The van der Waals surface area contributed by atoms with E-state index in [1.165, 1.54) is 0 Å². The fraction of sp³-hybridized carbons (Fsp3) is 0.300. The number of amides is 2. The van der Waals surface area contributed by atoms with E-state index < -0.39 is 0 Å². The Bertz CT molecular complexity index is 741. The van der Waals surface area contributed by atoms with E-state index in [4.69, 9.17) is 4.74 Å². The summed E-state index contributed by atoms with van der Waals surface area (Å²) in [6, 6.07) is 17.6. The highest BCUT2D eigenvalue weighted by Crippen LogP contribution is 2.19. The number of carbonyl (C=O) groups excluding carboxylic acids is 2. The molecule has 1 atom stereocenters. The molecule has 5 heteroatoms. The maximum Gasteiger partial charge on any atom is 0.410 e. The molecule has 0 spiro atoms. The predicted octanol–water partition coefficient (Wildman–Crippen LogP) is 3.31. The Kier molecular flexibility index (Phi) is 5.03. The highest BCUT2D eigenvalue weighted by molar-refractivity contribution is 5.94. The van der Waals surface area contributed by atoms with Gasteiger partial charge >= 0.3 is 6.09 Å². The van der Waals surface area contributed by atoms with E-state index in [2.05, 4.69) is 5.32 Å². The van der Waals surface area contributed by atoms with E-state index in [1.54, 1.807) is 17.0 Å². The van der Waals surface area contributed by atoms with Crippen molar-refractivity contribution >= 4 is 12.0 Å². The van der Waals surface area contributed by atoms with E-state index in [0.29, 0.717) is 18.7 Å². The number of cyclic esters (lactones) is 1. The zero-order valence-corrected chi connectivity index (χ0v) is 14.4. The molecule has 130 valence electrons. The molecule has 1 unspecified atom stereocenters. The van der Waals surface area contributed by atoms with Crippen LogP contribution in [-0.4, -0.2) is 42.1 Å². The van der Waals surface area contributed by atoms with Gasteiger partial charge in [-0.15, -0.1) is 0 Å². The minimum atomic E-state index is -0.318. The summed E-state index contributed by atoms with van der Waals surface area (Å²) in [5.41, 5.74) is 2.76. The lowest BCUT2D eigenvalue weighted by Crippen LogP contribution is -2.36. The first-order valence-electron chi connectivity index (χ1n) is 8.45. The number of ether oxygens (including phenoxy) is 1. The fourth-order valence-electron chi connectivity index (χ4n) is 2.82. The highest BCUT2D eigenvalue weighted by atomic mass is 16.6. The van der Waals surface area contributed by atoms with Gasteiger partial charge in [-0.1, -0.05) is 42.5 Å². The van der Waals surface area contributed by atoms with Crippen LogP contribution in [-0.2, 0) is 4.74 Å². The zero-order chi connectivity index (χ0) is 17.8. The first-order chi connectivity index (χ1) is 12.0. The molecule has 0 radical (unpaired) electrons. The Morgan fingerprint density at radius 1 is 1.12 bits per heavy atom. The lowest BCUT2D eigenvalue weighted by Gasteiger charge is -2.16. The van der Waals surface area contributed by atoms with E-state index in [0.717, 1.165) is 11.1 Å². The number of hydrogen-bond donors (Lipinski definition) is 1. The Balaban J connectivity index is 1.56. The van der Waals surface area contributed by atoms with Crippen LogP contribution < -0.4 is 5.32 Å². The molecule has 0 saturated carbocycles. The molecular weight excluding hydrogens is 316 g/mol. The molecule has 2 aromatic carbocycles. The third-order valence-corrected chi connectivity index (χ3v) is 4.27. The second kappa shape index (κ2) is 7.38. The third-order valence-electron chi connectivity index (χ3n) is 4.27. The Labute approximate surface area is 147 Å². The van der Waals surface area contributed by atoms with Crippen molar-refractivity contribution in [2.45, 2.75) is 26.0 Å². The normalized spacial score (nSPS) is 16.8. The minimum absolute atomic E-state index is 0.0960. The average molecular weight is 338 g/mol. The van der Waals surface area contributed by atoms with Gasteiger partial charge in [-0.3, -0.25) is 4.79 Å². The first-order valence-corrected chi connectivity index (χ1v) is 8.45. The van der Waals surface area contributed by atoms with Crippen LogP contribution in [0.4, 0.5) is 4.79 Å². The van der Waals surface area contributed by atoms with Crippen LogP contribution in [0.1, 0.15) is 24.2 Å². The number of rotatable bonds is 5. The molecular formula is C20H22N2O3. The van der Waals surface area contributed by atoms with Gasteiger partial charge in [0.05, 0.1) is 13.1 Å². The number of nitrogens with one attached hydrogen (secondary N) is 1. The first kappa shape index (κ1) is 17.0. The summed E-state index contributed by atoms with van der Waals surface area (Å²) < 4.78 is 5.27. The van der Waals surface area contributed by atoms with Crippen LogP contribution in [0.3, 0.4) is 0 Å². The SMILES string of the molecule is CC(C)N1CC(CNC(=O)c2ccc(-c3ccccc3)cc2)OC1=O. The molecule has 0 aliphatic carbocycles. The second-order valence-corrected chi connectivity index (χ2v) is 6.41. The van der Waals surface area contributed by atoms with Crippen LogP contribution in [0.25, 0.3) is 11.1 Å². The van der Waals surface area contributed by atoms with Gasteiger partial charge in [0.1, 0.15) is 6.10 Å². The molecule has 0 aromatic heterocycles. The Hall–Kier alpha value is -2.82. The zero-order valence-electron chi connectivity index (χ0n) is 14.4. The van der Waals surface area contributed by atoms with Gasteiger partial charge in [-0.05, 0) is 37.1 Å². The Morgan fingerprint density at radius 3 is 2.36 bits per heavy atom. The van der Waals surface area contributed by atoms with Crippen LogP contribution in [0.15, 0.2) is 54.6 Å². The van der Waals surface area contributed by atoms with Crippen molar-refractivity contribution in [2.24, 2.45) is 0 Å². The molecule has 2 aromatic rings. The summed E-state index contributed by atoms with van der Waals surface area (Å²) >= 11 is 0. The van der Waals surface area contributed by atoms with E-state index in [9.17, 15) is 9.59 Å². The van der Waals surface area contributed by atoms with Crippen molar-refractivity contribution in [1.82, 2.24) is 10.2 Å². The molecule has 2 amide bonds. The molecule has 3 rings (SSSR count). The van der Waals surface area contributed by atoms with Crippen molar-refractivity contribution in [1.29, 1.82) is 0 Å². The van der Waals surface area contributed by atoms with Crippen molar-refractivity contribution in [3.05, 3.63) is 60.2 Å². The maximum absolute atomic E-state index is 12.3. The van der Waals surface area contributed by atoms with Gasteiger partial charge in [0.2, 0.25) is 0 Å². The topological polar surface area (TPSA) is 58.6 Å². The maximum atomic E-state index is 12.3. The molecule has 1 saturated heterocycles. The molecule has 1 heterocycles. The minimum Gasteiger partial charge on any atom is -0.442 e.